The van der Waals surface area contributed by atoms with Gasteiger partial charge >= 0.3 is 0 Å². The molecule has 1 aliphatic heterocycles. The van der Waals surface area contributed by atoms with Gasteiger partial charge in [-0.15, -0.1) is 0 Å². The van der Waals surface area contributed by atoms with Gasteiger partial charge in [-0.25, -0.2) is 9.37 Å². The lowest BCUT2D eigenvalue weighted by atomic mass is 10.3. The fourth-order valence-corrected chi connectivity index (χ4v) is 2.34. The van der Waals surface area contributed by atoms with Crippen molar-refractivity contribution in [3.05, 3.63) is 28.2 Å². The molecule has 1 aliphatic rings. The number of halogens is 2. The highest BCUT2D eigenvalue weighted by Gasteiger charge is 2.17. The first-order valence-electron chi connectivity index (χ1n) is 4.60. The van der Waals surface area contributed by atoms with Crippen molar-refractivity contribution in [3.63, 3.8) is 0 Å². The number of fused-ring (bicyclic) bond motifs is 3. The van der Waals surface area contributed by atoms with Crippen molar-refractivity contribution in [3.8, 4) is 0 Å². The van der Waals surface area contributed by atoms with Gasteiger partial charge in [0.15, 0.2) is 0 Å². The zero-order valence-corrected chi connectivity index (χ0v) is 9.01. The summed E-state index contributed by atoms with van der Waals surface area (Å²) in [6.45, 7) is 1.00. The van der Waals surface area contributed by atoms with E-state index in [0.29, 0.717) is 4.47 Å². The van der Waals surface area contributed by atoms with Gasteiger partial charge < -0.3 is 4.57 Å². The number of nitrogens with zero attached hydrogens (tertiary/aromatic N) is 2. The molecule has 4 heteroatoms. The molecule has 0 saturated carbocycles. The number of aryl methyl sites for hydroxylation is 2. The van der Waals surface area contributed by atoms with Crippen LogP contribution in [0.3, 0.4) is 0 Å². The molecule has 0 spiro atoms. The molecule has 0 saturated heterocycles. The largest absolute Gasteiger partial charge is 0.328 e. The summed E-state index contributed by atoms with van der Waals surface area (Å²) in [7, 11) is 0. The smallest absolute Gasteiger partial charge is 0.139 e. The maximum atomic E-state index is 13.2. The first kappa shape index (κ1) is 8.41. The van der Waals surface area contributed by atoms with E-state index in [1.54, 1.807) is 0 Å². The van der Waals surface area contributed by atoms with Crippen molar-refractivity contribution in [1.29, 1.82) is 0 Å². The Labute approximate surface area is 88.9 Å². The Balaban J connectivity index is 2.39. The summed E-state index contributed by atoms with van der Waals surface area (Å²) in [4.78, 5) is 4.40. The highest BCUT2D eigenvalue weighted by molar-refractivity contribution is 9.10. The number of benzene rings is 1. The normalized spacial score (nSPS) is 15.0. The van der Waals surface area contributed by atoms with Crippen LogP contribution in [0, 0.1) is 5.82 Å². The molecule has 14 heavy (non-hydrogen) atoms. The second-order valence-corrected chi connectivity index (χ2v) is 4.39. The summed E-state index contributed by atoms with van der Waals surface area (Å²) in [5.74, 6) is 0.840. The van der Waals surface area contributed by atoms with Gasteiger partial charge in [0.2, 0.25) is 0 Å². The van der Waals surface area contributed by atoms with E-state index in [2.05, 4.69) is 25.5 Å². The SMILES string of the molecule is Fc1cc2nc3n(c2cc1Br)CCC3. The lowest BCUT2D eigenvalue weighted by Crippen LogP contribution is -1.91. The lowest BCUT2D eigenvalue weighted by molar-refractivity contribution is 0.622. The van der Waals surface area contributed by atoms with Crippen LogP contribution in [0.4, 0.5) is 4.39 Å². The van der Waals surface area contributed by atoms with Crippen molar-refractivity contribution in [2.45, 2.75) is 19.4 Å². The molecule has 0 fully saturated rings. The highest BCUT2D eigenvalue weighted by atomic mass is 79.9. The van der Waals surface area contributed by atoms with Gasteiger partial charge in [-0.1, -0.05) is 0 Å². The molecule has 2 nitrogen and oxygen atoms in total. The molecular formula is C10H8BrFN2. The first-order chi connectivity index (χ1) is 6.75. The lowest BCUT2D eigenvalue weighted by Gasteiger charge is -1.99. The summed E-state index contributed by atoms with van der Waals surface area (Å²) in [5.41, 5.74) is 1.80. The quantitative estimate of drug-likeness (QED) is 0.707. The number of hydrogen-bond donors (Lipinski definition) is 0. The monoisotopic (exact) mass is 254 g/mol. The predicted molar refractivity (Wildman–Crippen MR) is 55.7 cm³/mol. The van der Waals surface area contributed by atoms with Crippen LogP contribution in [0.15, 0.2) is 16.6 Å². The van der Waals surface area contributed by atoms with Crippen molar-refractivity contribution < 1.29 is 4.39 Å². The summed E-state index contributed by atoms with van der Waals surface area (Å²) in [6, 6.07) is 3.30. The zero-order chi connectivity index (χ0) is 9.71. The molecule has 0 bridgehead atoms. The maximum absolute atomic E-state index is 13.2. The van der Waals surface area contributed by atoms with E-state index >= 15 is 0 Å². The Kier molecular flexibility index (Phi) is 1.68. The molecule has 0 aliphatic carbocycles. The second-order valence-electron chi connectivity index (χ2n) is 3.54. The van der Waals surface area contributed by atoms with E-state index in [9.17, 15) is 4.39 Å². The molecule has 0 amide bonds. The molecule has 1 aromatic heterocycles. The molecule has 0 atom stereocenters. The van der Waals surface area contributed by atoms with Gasteiger partial charge in [0.05, 0.1) is 15.5 Å². The van der Waals surface area contributed by atoms with E-state index in [1.807, 2.05) is 6.07 Å². The Bertz CT molecular complexity index is 518. The standard InChI is InChI=1S/C10H8BrFN2/c11-6-4-9-8(5-7(6)12)13-10-2-1-3-14(9)10/h4-5H,1-3H2. The van der Waals surface area contributed by atoms with Gasteiger partial charge in [0.1, 0.15) is 11.6 Å². The number of imidazole rings is 1. The maximum Gasteiger partial charge on any atom is 0.139 e. The summed E-state index contributed by atoms with van der Waals surface area (Å²) < 4.78 is 15.9. The molecule has 3 rings (SSSR count). The summed E-state index contributed by atoms with van der Waals surface area (Å²) >= 11 is 3.19. The van der Waals surface area contributed by atoms with E-state index in [1.165, 1.54) is 6.07 Å². The molecule has 0 N–H and O–H groups in total. The fraction of sp³-hybridized carbons (Fsp3) is 0.300. The molecule has 72 valence electrons. The average Bonchev–Trinajstić information content (AvgIpc) is 2.68. The predicted octanol–water partition coefficient (Wildman–Crippen LogP) is 2.88. The molecule has 0 radical (unpaired) electrons. The van der Waals surface area contributed by atoms with Crippen molar-refractivity contribution in [2.24, 2.45) is 0 Å². The third-order valence-electron chi connectivity index (χ3n) is 2.65. The fourth-order valence-electron chi connectivity index (χ4n) is 2.01. The average molecular weight is 255 g/mol. The first-order valence-corrected chi connectivity index (χ1v) is 5.39. The Morgan fingerprint density at radius 3 is 3.14 bits per heavy atom. The van der Waals surface area contributed by atoms with Gasteiger partial charge in [-0.05, 0) is 28.4 Å². The Morgan fingerprint density at radius 1 is 1.43 bits per heavy atom. The highest BCUT2D eigenvalue weighted by Crippen LogP contribution is 2.27. The summed E-state index contributed by atoms with van der Waals surface area (Å²) in [6.07, 6.45) is 2.15. The van der Waals surface area contributed by atoms with Crippen molar-refractivity contribution >= 4 is 27.0 Å². The van der Waals surface area contributed by atoms with Crippen LogP contribution < -0.4 is 0 Å². The van der Waals surface area contributed by atoms with Crippen LogP contribution in [0.1, 0.15) is 12.2 Å². The minimum atomic E-state index is -0.241. The molecule has 2 heterocycles. The molecular weight excluding hydrogens is 247 g/mol. The van der Waals surface area contributed by atoms with Gasteiger partial charge in [0, 0.05) is 19.0 Å². The number of rotatable bonds is 0. The summed E-state index contributed by atoms with van der Waals surface area (Å²) in [5, 5.41) is 0. The van der Waals surface area contributed by atoms with Crippen LogP contribution in [-0.4, -0.2) is 9.55 Å². The minimum absolute atomic E-state index is 0.241. The number of aromatic nitrogens is 2. The van der Waals surface area contributed by atoms with E-state index in [-0.39, 0.29) is 5.82 Å². The van der Waals surface area contributed by atoms with Crippen molar-refractivity contribution in [1.82, 2.24) is 9.55 Å². The third kappa shape index (κ3) is 1.03. The Hall–Kier alpha value is -0.900. The third-order valence-corrected chi connectivity index (χ3v) is 3.26. The van der Waals surface area contributed by atoms with Crippen LogP contribution in [0.2, 0.25) is 0 Å². The molecule has 0 unspecified atom stereocenters. The topological polar surface area (TPSA) is 17.8 Å². The zero-order valence-electron chi connectivity index (χ0n) is 7.43. The molecule has 1 aromatic carbocycles. The van der Waals surface area contributed by atoms with E-state index in [0.717, 1.165) is 36.2 Å². The van der Waals surface area contributed by atoms with Crippen LogP contribution in [0.5, 0.6) is 0 Å². The van der Waals surface area contributed by atoms with E-state index < -0.39 is 0 Å². The second kappa shape index (κ2) is 2.79. The van der Waals surface area contributed by atoms with Crippen LogP contribution in [-0.2, 0) is 13.0 Å². The van der Waals surface area contributed by atoms with Crippen LogP contribution >= 0.6 is 15.9 Å². The minimum Gasteiger partial charge on any atom is -0.328 e. The van der Waals surface area contributed by atoms with E-state index in [4.69, 9.17) is 0 Å². The number of hydrogen-bond acceptors (Lipinski definition) is 1. The van der Waals surface area contributed by atoms with Crippen LogP contribution in [0.25, 0.3) is 11.0 Å². The van der Waals surface area contributed by atoms with Crippen molar-refractivity contribution in [2.75, 3.05) is 0 Å². The molecule has 2 aromatic rings. The van der Waals surface area contributed by atoms with Gasteiger partial charge in [0.25, 0.3) is 0 Å². The Morgan fingerprint density at radius 2 is 2.29 bits per heavy atom. The van der Waals surface area contributed by atoms with Gasteiger partial charge in [-0.3, -0.25) is 0 Å². The van der Waals surface area contributed by atoms with Gasteiger partial charge in [-0.2, -0.15) is 0 Å².